The highest BCUT2D eigenvalue weighted by Gasteiger charge is 2.41. The van der Waals surface area contributed by atoms with Crippen molar-refractivity contribution in [2.24, 2.45) is 5.92 Å². The second kappa shape index (κ2) is 8.06. The minimum absolute atomic E-state index is 0.0835. The van der Waals surface area contributed by atoms with Gasteiger partial charge in [0.1, 0.15) is 6.04 Å². The molecule has 1 unspecified atom stereocenters. The van der Waals surface area contributed by atoms with E-state index in [1.54, 1.807) is 0 Å². The lowest BCUT2D eigenvalue weighted by atomic mass is 9.89. The molecule has 1 aromatic heterocycles. The minimum Gasteiger partial charge on any atom is -0.381 e. The lowest BCUT2D eigenvalue weighted by Gasteiger charge is -2.39. The van der Waals surface area contributed by atoms with Crippen LogP contribution in [0, 0.1) is 12.8 Å². The Labute approximate surface area is 159 Å². The van der Waals surface area contributed by atoms with Gasteiger partial charge in [-0.1, -0.05) is 13.8 Å². The number of thiophene rings is 1. The van der Waals surface area contributed by atoms with Crippen molar-refractivity contribution < 1.29 is 14.3 Å². The molecule has 2 fully saturated rings. The number of hydrogen-bond acceptors (Lipinski definition) is 5. The van der Waals surface area contributed by atoms with Crippen molar-refractivity contribution in [3.63, 3.8) is 0 Å². The average molecular weight is 380 g/mol. The largest absolute Gasteiger partial charge is 0.381 e. The van der Waals surface area contributed by atoms with Crippen LogP contribution < -0.4 is 10.6 Å². The standard InChI is InChI=1S/C19H29N3O3S/c1-13(2)10-22-11-15(20-18(24)16-5-4-14(3)26-16)17(23)21-19(12-22)6-8-25-9-7-19/h4-5,13,15H,6-12H2,1-3H3,(H,20,24)(H,21,23). The van der Waals surface area contributed by atoms with Gasteiger partial charge in [-0.15, -0.1) is 11.3 Å². The van der Waals surface area contributed by atoms with Gasteiger partial charge in [0.05, 0.1) is 10.4 Å². The highest BCUT2D eigenvalue weighted by atomic mass is 32.1. The fraction of sp³-hybridized carbons (Fsp3) is 0.684. The van der Waals surface area contributed by atoms with Crippen molar-refractivity contribution in [1.29, 1.82) is 0 Å². The molecule has 0 bridgehead atoms. The van der Waals surface area contributed by atoms with E-state index in [-0.39, 0.29) is 17.4 Å². The number of amides is 2. The predicted octanol–water partition coefficient (Wildman–Crippen LogP) is 1.79. The molecule has 2 saturated heterocycles. The Morgan fingerprint density at radius 1 is 1.42 bits per heavy atom. The molecule has 144 valence electrons. The highest BCUT2D eigenvalue weighted by molar-refractivity contribution is 7.13. The van der Waals surface area contributed by atoms with Crippen LogP contribution in [0.2, 0.25) is 0 Å². The fourth-order valence-electron chi connectivity index (χ4n) is 3.82. The summed E-state index contributed by atoms with van der Waals surface area (Å²) in [6.07, 6.45) is 1.64. The van der Waals surface area contributed by atoms with Crippen LogP contribution in [0.4, 0.5) is 0 Å². The summed E-state index contributed by atoms with van der Waals surface area (Å²) < 4.78 is 5.50. The average Bonchev–Trinajstić information content (AvgIpc) is 2.96. The fourth-order valence-corrected chi connectivity index (χ4v) is 4.59. The Bertz CT molecular complexity index is 652. The van der Waals surface area contributed by atoms with Crippen molar-refractivity contribution in [3.05, 3.63) is 21.9 Å². The maximum Gasteiger partial charge on any atom is 0.262 e. The maximum absolute atomic E-state index is 12.9. The first-order valence-corrected chi connectivity index (χ1v) is 10.2. The van der Waals surface area contributed by atoms with Gasteiger partial charge in [0.25, 0.3) is 5.91 Å². The van der Waals surface area contributed by atoms with Gasteiger partial charge < -0.3 is 15.4 Å². The van der Waals surface area contributed by atoms with Gasteiger partial charge >= 0.3 is 0 Å². The van der Waals surface area contributed by atoms with Crippen molar-refractivity contribution in [1.82, 2.24) is 15.5 Å². The van der Waals surface area contributed by atoms with E-state index in [0.717, 1.165) is 30.8 Å². The van der Waals surface area contributed by atoms with E-state index in [9.17, 15) is 9.59 Å². The van der Waals surface area contributed by atoms with E-state index >= 15 is 0 Å². The summed E-state index contributed by atoms with van der Waals surface area (Å²) in [6, 6.07) is 3.20. The van der Waals surface area contributed by atoms with Crippen LogP contribution in [0.25, 0.3) is 0 Å². The molecule has 26 heavy (non-hydrogen) atoms. The zero-order valence-corrected chi connectivity index (χ0v) is 16.7. The Kier molecular flexibility index (Phi) is 5.99. The van der Waals surface area contributed by atoms with Gasteiger partial charge in [0, 0.05) is 37.7 Å². The predicted molar refractivity (Wildman–Crippen MR) is 103 cm³/mol. The number of aryl methyl sites for hydroxylation is 1. The third-order valence-electron chi connectivity index (χ3n) is 5.01. The number of nitrogens with one attached hydrogen (secondary N) is 2. The lowest BCUT2D eigenvalue weighted by molar-refractivity contribution is -0.125. The topological polar surface area (TPSA) is 70.7 Å². The van der Waals surface area contributed by atoms with E-state index < -0.39 is 6.04 Å². The summed E-state index contributed by atoms with van der Waals surface area (Å²) in [5.74, 6) is 0.242. The lowest BCUT2D eigenvalue weighted by Crippen LogP contribution is -2.57. The first-order valence-electron chi connectivity index (χ1n) is 9.36. The summed E-state index contributed by atoms with van der Waals surface area (Å²) in [6.45, 7) is 9.93. The summed E-state index contributed by atoms with van der Waals surface area (Å²) in [4.78, 5) is 29.5. The molecule has 1 atom stereocenters. The van der Waals surface area contributed by atoms with Crippen molar-refractivity contribution in [2.45, 2.75) is 45.2 Å². The number of carbonyl (C=O) groups is 2. The van der Waals surface area contributed by atoms with Gasteiger partial charge in [-0.05, 0) is 37.8 Å². The van der Waals surface area contributed by atoms with E-state index in [1.807, 2.05) is 19.1 Å². The molecule has 3 rings (SSSR count). The van der Waals surface area contributed by atoms with Crippen LogP contribution in [0.5, 0.6) is 0 Å². The van der Waals surface area contributed by atoms with Crippen LogP contribution in [-0.2, 0) is 9.53 Å². The molecule has 0 radical (unpaired) electrons. The SMILES string of the molecule is Cc1ccc(C(=O)NC2CN(CC(C)C)CC3(CCOCC3)NC2=O)s1. The summed E-state index contributed by atoms with van der Waals surface area (Å²) in [7, 11) is 0. The molecule has 6 nitrogen and oxygen atoms in total. The summed E-state index contributed by atoms with van der Waals surface area (Å²) >= 11 is 1.45. The zero-order chi connectivity index (χ0) is 18.7. The number of rotatable bonds is 4. The first-order chi connectivity index (χ1) is 12.4. The van der Waals surface area contributed by atoms with Crippen LogP contribution in [0.15, 0.2) is 12.1 Å². The molecular formula is C19H29N3O3S. The number of nitrogens with zero attached hydrogens (tertiary/aromatic N) is 1. The monoisotopic (exact) mass is 379 g/mol. The zero-order valence-electron chi connectivity index (χ0n) is 15.8. The molecule has 2 aliphatic rings. The normalized spacial score (nSPS) is 23.7. The van der Waals surface area contributed by atoms with Gasteiger partial charge in [0.2, 0.25) is 5.91 Å². The van der Waals surface area contributed by atoms with Crippen LogP contribution in [-0.4, -0.2) is 61.1 Å². The number of ether oxygens (including phenoxy) is 1. The van der Waals surface area contributed by atoms with Gasteiger partial charge in [0.15, 0.2) is 0 Å². The molecule has 2 N–H and O–H groups in total. The minimum atomic E-state index is -0.536. The Morgan fingerprint density at radius 2 is 2.15 bits per heavy atom. The Morgan fingerprint density at radius 3 is 2.77 bits per heavy atom. The molecule has 3 heterocycles. The Balaban J connectivity index is 1.76. The van der Waals surface area contributed by atoms with Crippen molar-refractivity contribution >= 4 is 23.2 Å². The molecule has 2 amide bonds. The molecular weight excluding hydrogens is 350 g/mol. The van der Waals surface area contributed by atoms with Crippen molar-refractivity contribution in [2.75, 3.05) is 32.8 Å². The molecule has 2 aliphatic heterocycles. The third-order valence-corrected chi connectivity index (χ3v) is 6.01. The molecule has 0 aliphatic carbocycles. The molecule has 7 heteroatoms. The first kappa shape index (κ1) is 19.3. The third kappa shape index (κ3) is 4.64. The van der Waals surface area contributed by atoms with Crippen LogP contribution >= 0.6 is 11.3 Å². The van der Waals surface area contributed by atoms with Crippen LogP contribution in [0.3, 0.4) is 0 Å². The number of hydrogen-bond donors (Lipinski definition) is 2. The maximum atomic E-state index is 12.9. The second-order valence-electron chi connectivity index (χ2n) is 7.91. The van der Waals surface area contributed by atoms with E-state index in [0.29, 0.717) is 30.6 Å². The molecule has 1 spiro atoms. The molecule has 0 saturated carbocycles. The quantitative estimate of drug-likeness (QED) is 0.837. The smallest absolute Gasteiger partial charge is 0.262 e. The summed E-state index contributed by atoms with van der Waals surface area (Å²) in [5, 5.41) is 6.19. The highest BCUT2D eigenvalue weighted by Crippen LogP contribution is 2.25. The van der Waals surface area contributed by atoms with E-state index in [1.165, 1.54) is 11.3 Å². The van der Waals surface area contributed by atoms with E-state index in [2.05, 4.69) is 29.4 Å². The van der Waals surface area contributed by atoms with Crippen molar-refractivity contribution in [3.8, 4) is 0 Å². The van der Waals surface area contributed by atoms with Crippen LogP contribution in [0.1, 0.15) is 41.2 Å². The van der Waals surface area contributed by atoms with Gasteiger partial charge in [-0.2, -0.15) is 0 Å². The molecule has 0 aromatic carbocycles. The summed E-state index contributed by atoms with van der Waals surface area (Å²) in [5.41, 5.74) is -0.247. The van der Waals surface area contributed by atoms with E-state index in [4.69, 9.17) is 4.74 Å². The number of carbonyl (C=O) groups excluding carboxylic acids is 2. The Hall–Kier alpha value is -1.44. The van der Waals surface area contributed by atoms with Gasteiger partial charge in [-0.3, -0.25) is 14.5 Å². The van der Waals surface area contributed by atoms with Gasteiger partial charge in [-0.25, -0.2) is 0 Å². The molecule has 1 aromatic rings. The second-order valence-corrected chi connectivity index (χ2v) is 9.19.